The van der Waals surface area contributed by atoms with Crippen LogP contribution < -0.4 is 14.8 Å². The molecule has 0 radical (unpaired) electrons. The number of para-hydroxylation sites is 2. The van der Waals surface area contributed by atoms with Crippen molar-refractivity contribution >= 4 is 23.3 Å². The van der Waals surface area contributed by atoms with Crippen LogP contribution >= 0.6 is 0 Å². The van der Waals surface area contributed by atoms with E-state index >= 15 is 0 Å². The topological polar surface area (TPSA) is 90.9 Å². The van der Waals surface area contributed by atoms with E-state index in [4.69, 9.17) is 14.2 Å². The highest BCUT2D eigenvalue weighted by molar-refractivity contribution is 5.94. The number of carbonyl (C=O) groups excluding carboxylic acids is 3. The normalized spacial score (nSPS) is 9.92. The van der Waals surface area contributed by atoms with Crippen LogP contribution in [0.15, 0.2) is 48.5 Å². The molecule has 0 aliphatic carbocycles. The van der Waals surface area contributed by atoms with Gasteiger partial charge in [-0.05, 0) is 43.3 Å². The minimum atomic E-state index is -0.684. The Morgan fingerprint density at radius 3 is 2.31 bits per heavy atom. The minimum Gasteiger partial charge on any atom is -0.495 e. The van der Waals surface area contributed by atoms with Crippen molar-refractivity contribution in [3.8, 4) is 11.5 Å². The van der Waals surface area contributed by atoms with Crippen LogP contribution in [0, 0.1) is 0 Å². The first kappa shape index (κ1) is 19.0. The largest absolute Gasteiger partial charge is 0.495 e. The van der Waals surface area contributed by atoms with Crippen molar-refractivity contribution in [3.63, 3.8) is 0 Å². The third kappa shape index (κ3) is 5.62. The van der Waals surface area contributed by atoms with Gasteiger partial charge in [-0.25, -0.2) is 4.79 Å². The molecule has 0 aromatic heterocycles. The third-order valence-electron chi connectivity index (χ3n) is 3.36. The highest BCUT2D eigenvalue weighted by atomic mass is 16.6. The molecule has 0 atom stereocenters. The van der Waals surface area contributed by atoms with Gasteiger partial charge in [0, 0.05) is 5.56 Å². The SMILES string of the molecule is COc1ccccc1NC(=O)COC(=O)COc1ccc(C(C)=O)cc1. The van der Waals surface area contributed by atoms with Crippen molar-refractivity contribution in [3.05, 3.63) is 54.1 Å². The van der Waals surface area contributed by atoms with Crippen molar-refractivity contribution in [1.82, 2.24) is 0 Å². The van der Waals surface area contributed by atoms with E-state index < -0.39 is 18.5 Å². The molecule has 0 saturated heterocycles. The van der Waals surface area contributed by atoms with Gasteiger partial charge in [-0.1, -0.05) is 12.1 Å². The highest BCUT2D eigenvalue weighted by Crippen LogP contribution is 2.22. The summed E-state index contributed by atoms with van der Waals surface area (Å²) in [5.74, 6) is -0.309. The monoisotopic (exact) mass is 357 g/mol. The van der Waals surface area contributed by atoms with Crippen molar-refractivity contribution in [1.29, 1.82) is 0 Å². The number of ether oxygens (including phenoxy) is 3. The molecule has 1 N–H and O–H groups in total. The summed E-state index contributed by atoms with van der Waals surface area (Å²) in [7, 11) is 1.49. The smallest absolute Gasteiger partial charge is 0.344 e. The molecular formula is C19H19NO6. The molecule has 0 saturated carbocycles. The summed E-state index contributed by atoms with van der Waals surface area (Å²) in [6.45, 7) is 0.675. The summed E-state index contributed by atoms with van der Waals surface area (Å²) >= 11 is 0. The van der Waals surface area contributed by atoms with Crippen molar-refractivity contribution in [2.24, 2.45) is 0 Å². The molecule has 0 aliphatic heterocycles. The van der Waals surface area contributed by atoms with Gasteiger partial charge >= 0.3 is 5.97 Å². The van der Waals surface area contributed by atoms with Crippen LogP contribution in [0.3, 0.4) is 0 Å². The first-order valence-electron chi connectivity index (χ1n) is 7.82. The van der Waals surface area contributed by atoms with Crippen LogP contribution in [-0.4, -0.2) is 38.0 Å². The van der Waals surface area contributed by atoms with E-state index in [0.29, 0.717) is 22.7 Å². The standard InChI is InChI=1S/C19H19NO6/c1-13(21)14-7-9-15(10-8-14)25-12-19(23)26-11-18(22)20-16-5-3-4-6-17(16)24-2/h3-10H,11-12H2,1-2H3,(H,20,22). The molecule has 1 amide bonds. The number of Topliss-reactive ketones (excluding diaryl/α,β-unsaturated/α-hetero) is 1. The molecule has 136 valence electrons. The van der Waals surface area contributed by atoms with Crippen LogP contribution in [0.1, 0.15) is 17.3 Å². The quantitative estimate of drug-likeness (QED) is 0.576. The average molecular weight is 357 g/mol. The number of rotatable bonds is 8. The van der Waals surface area contributed by atoms with Gasteiger partial charge in [0.2, 0.25) is 0 Å². The number of hydrogen-bond acceptors (Lipinski definition) is 6. The van der Waals surface area contributed by atoms with Crippen LogP contribution in [-0.2, 0) is 14.3 Å². The second kappa shape index (κ2) is 9.22. The van der Waals surface area contributed by atoms with E-state index in [0.717, 1.165) is 0 Å². The summed E-state index contributed by atoms with van der Waals surface area (Å²) in [6, 6.07) is 13.3. The Bertz CT molecular complexity index is 785. The van der Waals surface area contributed by atoms with Crippen LogP contribution in [0.25, 0.3) is 0 Å². The van der Waals surface area contributed by atoms with Crippen LogP contribution in [0.5, 0.6) is 11.5 Å². The van der Waals surface area contributed by atoms with E-state index in [9.17, 15) is 14.4 Å². The molecule has 2 rings (SSSR count). The first-order chi connectivity index (χ1) is 12.5. The van der Waals surface area contributed by atoms with Gasteiger partial charge in [0.25, 0.3) is 5.91 Å². The summed E-state index contributed by atoms with van der Waals surface area (Å²) in [4.78, 5) is 34.7. The zero-order valence-electron chi connectivity index (χ0n) is 14.5. The van der Waals surface area contributed by atoms with E-state index in [1.165, 1.54) is 14.0 Å². The molecule has 0 aliphatic rings. The van der Waals surface area contributed by atoms with Crippen LogP contribution in [0.4, 0.5) is 5.69 Å². The maximum absolute atomic E-state index is 11.8. The van der Waals surface area contributed by atoms with Gasteiger partial charge < -0.3 is 19.5 Å². The molecule has 26 heavy (non-hydrogen) atoms. The van der Waals surface area contributed by atoms with Gasteiger partial charge in [0.1, 0.15) is 11.5 Å². The molecule has 0 unspecified atom stereocenters. The molecular weight excluding hydrogens is 338 g/mol. The zero-order valence-corrected chi connectivity index (χ0v) is 14.5. The molecule has 2 aromatic carbocycles. The Morgan fingerprint density at radius 1 is 0.962 bits per heavy atom. The molecule has 0 bridgehead atoms. The number of ketones is 1. The zero-order chi connectivity index (χ0) is 18.9. The van der Waals surface area contributed by atoms with Gasteiger partial charge in [-0.15, -0.1) is 0 Å². The second-order valence-electron chi connectivity index (χ2n) is 5.28. The number of carbonyl (C=O) groups is 3. The number of benzene rings is 2. The fourth-order valence-corrected chi connectivity index (χ4v) is 2.05. The Morgan fingerprint density at radius 2 is 1.65 bits per heavy atom. The lowest BCUT2D eigenvalue weighted by molar-refractivity contribution is -0.149. The molecule has 0 spiro atoms. The van der Waals surface area contributed by atoms with E-state index in [2.05, 4.69) is 5.32 Å². The van der Waals surface area contributed by atoms with Crippen molar-refractivity contribution in [2.75, 3.05) is 25.6 Å². The third-order valence-corrected chi connectivity index (χ3v) is 3.36. The Hall–Kier alpha value is -3.35. The fourth-order valence-electron chi connectivity index (χ4n) is 2.05. The lowest BCUT2D eigenvalue weighted by Gasteiger charge is -2.10. The number of nitrogens with one attached hydrogen (secondary N) is 1. The minimum absolute atomic E-state index is 0.0583. The van der Waals surface area contributed by atoms with Gasteiger partial charge in [0.05, 0.1) is 12.8 Å². The maximum atomic E-state index is 11.8. The Balaban J connectivity index is 1.75. The molecule has 7 heteroatoms. The van der Waals surface area contributed by atoms with E-state index in [1.807, 2.05) is 0 Å². The molecule has 7 nitrogen and oxygen atoms in total. The van der Waals surface area contributed by atoms with E-state index in [-0.39, 0.29) is 12.4 Å². The van der Waals surface area contributed by atoms with E-state index in [1.54, 1.807) is 48.5 Å². The Kier molecular flexibility index (Phi) is 6.73. The molecule has 2 aromatic rings. The number of hydrogen-bond donors (Lipinski definition) is 1. The summed E-state index contributed by atoms with van der Waals surface area (Å²) in [5.41, 5.74) is 1.03. The van der Waals surface area contributed by atoms with Gasteiger partial charge in [-0.3, -0.25) is 9.59 Å². The number of amides is 1. The second-order valence-corrected chi connectivity index (χ2v) is 5.28. The number of methoxy groups -OCH3 is 1. The number of anilines is 1. The summed E-state index contributed by atoms with van der Waals surface area (Å²) < 4.78 is 15.2. The van der Waals surface area contributed by atoms with Crippen molar-refractivity contribution in [2.45, 2.75) is 6.92 Å². The maximum Gasteiger partial charge on any atom is 0.344 e. The number of esters is 1. The fraction of sp³-hybridized carbons (Fsp3) is 0.211. The summed E-state index contributed by atoms with van der Waals surface area (Å²) in [5, 5.41) is 2.59. The Labute approximate surface area is 150 Å². The van der Waals surface area contributed by atoms with Gasteiger partial charge in [-0.2, -0.15) is 0 Å². The first-order valence-corrected chi connectivity index (χ1v) is 7.82. The summed E-state index contributed by atoms with van der Waals surface area (Å²) in [6.07, 6.45) is 0. The molecule has 0 heterocycles. The molecule has 0 fully saturated rings. The van der Waals surface area contributed by atoms with Gasteiger partial charge in [0.15, 0.2) is 19.0 Å². The lowest BCUT2D eigenvalue weighted by atomic mass is 10.1. The predicted molar refractivity (Wildman–Crippen MR) is 94.5 cm³/mol. The lowest BCUT2D eigenvalue weighted by Crippen LogP contribution is -2.23. The van der Waals surface area contributed by atoms with Crippen LogP contribution in [0.2, 0.25) is 0 Å². The average Bonchev–Trinajstić information content (AvgIpc) is 2.65. The van der Waals surface area contributed by atoms with Crippen molar-refractivity contribution < 1.29 is 28.6 Å². The predicted octanol–water partition coefficient (Wildman–Crippen LogP) is 2.46. The highest BCUT2D eigenvalue weighted by Gasteiger charge is 2.11.